The van der Waals surface area contributed by atoms with E-state index in [0.717, 1.165) is 28.1 Å². The molecule has 0 saturated heterocycles. The van der Waals surface area contributed by atoms with Crippen molar-refractivity contribution in [2.24, 2.45) is 0 Å². The SMILES string of the molecule is c1ccc(-c2nc3ccccc3n2-c2ccc3sc4ccccc4c3c2)cc1. The summed E-state index contributed by atoms with van der Waals surface area (Å²) in [5.74, 6) is 0.973. The van der Waals surface area contributed by atoms with Crippen LogP contribution in [-0.4, -0.2) is 9.55 Å². The van der Waals surface area contributed by atoms with Crippen LogP contribution in [0.2, 0.25) is 0 Å². The number of nitrogens with zero attached hydrogens (tertiary/aromatic N) is 2. The van der Waals surface area contributed by atoms with Crippen LogP contribution in [0.4, 0.5) is 0 Å². The summed E-state index contributed by atoms with van der Waals surface area (Å²) in [5, 5.41) is 2.62. The number of aromatic nitrogens is 2. The molecule has 0 unspecified atom stereocenters. The maximum atomic E-state index is 4.95. The average Bonchev–Trinajstić information content (AvgIpc) is 3.32. The number of fused-ring (bicyclic) bond motifs is 4. The Morgan fingerprint density at radius 3 is 2.32 bits per heavy atom. The van der Waals surface area contributed by atoms with E-state index in [-0.39, 0.29) is 0 Å². The summed E-state index contributed by atoms with van der Waals surface area (Å²) in [6.45, 7) is 0. The molecule has 4 aromatic carbocycles. The second-order valence-electron chi connectivity index (χ2n) is 6.90. The number of hydrogen-bond donors (Lipinski definition) is 0. The molecule has 0 fully saturated rings. The lowest BCUT2D eigenvalue weighted by molar-refractivity contribution is 1.11. The average molecular weight is 376 g/mol. The first kappa shape index (κ1) is 15.6. The Bertz CT molecular complexity index is 1460. The lowest BCUT2D eigenvalue weighted by Crippen LogP contribution is -1.97. The van der Waals surface area contributed by atoms with Crippen molar-refractivity contribution in [2.75, 3.05) is 0 Å². The first-order chi connectivity index (χ1) is 13.9. The Balaban J connectivity index is 1.69. The fraction of sp³-hybridized carbons (Fsp3) is 0. The van der Waals surface area contributed by atoms with Crippen molar-refractivity contribution < 1.29 is 0 Å². The van der Waals surface area contributed by atoms with Crippen LogP contribution >= 0.6 is 11.3 Å². The van der Waals surface area contributed by atoms with Crippen LogP contribution in [0.25, 0.3) is 48.3 Å². The third kappa shape index (κ3) is 2.30. The Morgan fingerprint density at radius 2 is 1.39 bits per heavy atom. The minimum absolute atomic E-state index is 0.973. The molecule has 0 aliphatic carbocycles. The molecule has 0 radical (unpaired) electrons. The maximum Gasteiger partial charge on any atom is 0.145 e. The van der Waals surface area contributed by atoms with Gasteiger partial charge in [-0.25, -0.2) is 4.98 Å². The third-order valence-corrected chi connectivity index (χ3v) is 6.36. The molecule has 3 heteroatoms. The van der Waals surface area contributed by atoms with Gasteiger partial charge < -0.3 is 0 Å². The summed E-state index contributed by atoms with van der Waals surface area (Å²) in [5.41, 5.74) is 4.40. The summed E-state index contributed by atoms with van der Waals surface area (Å²) in [6.07, 6.45) is 0. The van der Waals surface area contributed by atoms with Gasteiger partial charge in [0.05, 0.1) is 11.0 Å². The highest BCUT2D eigenvalue weighted by Crippen LogP contribution is 2.36. The van der Waals surface area contributed by atoms with Crippen LogP contribution in [0.5, 0.6) is 0 Å². The topological polar surface area (TPSA) is 17.8 Å². The van der Waals surface area contributed by atoms with Crippen LogP contribution < -0.4 is 0 Å². The van der Waals surface area contributed by atoms with Crippen molar-refractivity contribution >= 4 is 42.5 Å². The molecule has 28 heavy (non-hydrogen) atoms. The fourth-order valence-corrected chi connectivity index (χ4v) is 5.01. The second-order valence-corrected chi connectivity index (χ2v) is 7.99. The Morgan fingerprint density at radius 1 is 0.643 bits per heavy atom. The Labute approximate surface area is 166 Å². The van der Waals surface area contributed by atoms with Crippen molar-refractivity contribution in [3.63, 3.8) is 0 Å². The minimum Gasteiger partial charge on any atom is -0.292 e. The highest BCUT2D eigenvalue weighted by atomic mass is 32.1. The van der Waals surface area contributed by atoms with Gasteiger partial charge in [0.15, 0.2) is 0 Å². The molecule has 2 heterocycles. The van der Waals surface area contributed by atoms with E-state index in [1.54, 1.807) is 0 Å². The van der Waals surface area contributed by atoms with Crippen LogP contribution in [-0.2, 0) is 0 Å². The zero-order chi connectivity index (χ0) is 18.5. The third-order valence-electron chi connectivity index (χ3n) is 5.21. The molecular formula is C25H16N2S. The first-order valence-electron chi connectivity index (χ1n) is 9.33. The van der Waals surface area contributed by atoms with E-state index in [1.165, 1.54) is 20.2 Å². The molecule has 0 bridgehead atoms. The maximum absolute atomic E-state index is 4.95. The Hall–Kier alpha value is -3.43. The van der Waals surface area contributed by atoms with Crippen molar-refractivity contribution in [3.05, 3.63) is 97.1 Å². The summed E-state index contributed by atoms with van der Waals surface area (Å²) in [7, 11) is 0. The normalized spacial score (nSPS) is 11.6. The van der Waals surface area contributed by atoms with Gasteiger partial charge in [-0.3, -0.25) is 4.57 Å². The van der Waals surface area contributed by atoms with E-state index >= 15 is 0 Å². The van der Waals surface area contributed by atoms with Gasteiger partial charge in [-0.05, 0) is 36.4 Å². The van der Waals surface area contributed by atoms with Crippen LogP contribution in [0.15, 0.2) is 97.1 Å². The summed E-state index contributed by atoms with van der Waals surface area (Å²) >= 11 is 1.85. The summed E-state index contributed by atoms with van der Waals surface area (Å²) in [6, 6.07) is 34.1. The summed E-state index contributed by atoms with van der Waals surface area (Å²) in [4.78, 5) is 4.95. The van der Waals surface area contributed by atoms with Gasteiger partial charge in [0.1, 0.15) is 5.82 Å². The van der Waals surface area contributed by atoms with Crippen LogP contribution in [0.3, 0.4) is 0 Å². The van der Waals surface area contributed by atoms with Crippen molar-refractivity contribution in [3.8, 4) is 17.1 Å². The molecule has 2 aromatic heterocycles. The zero-order valence-electron chi connectivity index (χ0n) is 15.0. The standard InChI is InChI=1S/C25H16N2S/c1-2-8-17(9-3-1)25-26-21-11-5-6-12-22(21)27(25)18-14-15-24-20(16-18)19-10-4-7-13-23(19)28-24/h1-16H. The van der Waals surface area contributed by atoms with Gasteiger partial charge in [-0.1, -0.05) is 60.7 Å². The molecule has 0 atom stereocenters. The van der Waals surface area contributed by atoms with Crippen LogP contribution in [0, 0.1) is 0 Å². The monoisotopic (exact) mass is 376 g/mol. The highest BCUT2D eigenvalue weighted by molar-refractivity contribution is 7.25. The first-order valence-corrected chi connectivity index (χ1v) is 10.1. The zero-order valence-corrected chi connectivity index (χ0v) is 15.9. The number of para-hydroxylation sites is 2. The van der Waals surface area contributed by atoms with Crippen molar-refractivity contribution in [2.45, 2.75) is 0 Å². The predicted molar refractivity (Wildman–Crippen MR) is 119 cm³/mol. The van der Waals surface area contributed by atoms with Gasteiger partial charge in [0.25, 0.3) is 0 Å². The molecular weight excluding hydrogens is 360 g/mol. The second kappa shape index (κ2) is 6.04. The van der Waals surface area contributed by atoms with Gasteiger partial charge >= 0.3 is 0 Å². The van der Waals surface area contributed by atoms with Gasteiger partial charge in [-0.15, -0.1) is 11.3 Å². The van der Waals surface area contributed by atoms with E-state index < -0.39 is 0 Å². The lowest BCUT2D eigenvalue weighted by Gasteiger charge is -2.10. The largest absolute Gasteiger partial charge is 0.292 e. The van der Waals surface area contributed by atoms with Crippen molar-refractivity contribution in [1.29, 1.82) is 0 Å². The molecule has 0 N–H and O–H groups in total. The van der Waals surface area contributed by atoms with Gasteiger partial charge in [0, 0.05) is 31.4 Å². The number of imidazole rings is 1. The number of thiophene rings is 1. The van der Waals surface area contributed by atoms with E-state index in [9.17, 15) is 0 Å². The van der Waals surface area contributed by atoms with E-state index in [1.807, 2.05) is 23.5 Å². The van der Waals surface area contributed by atoms with Gasteiger partial charge in [0.2, 0.25) is 0 Å². The number of rotatable bonds is 2. The molecule has 0 aliphatic heterocycles. The fourth-order valence-electron chi connectivity index (χ4n) is 3.92. The highest BCUT2D eigenvalue weighted by Gasteiger charge is 2.15. The predicted octanol–water partition coefficient (Wildman–Crippen LogP) is 7.06. The molecule has 0 spiro atoms. The number of benzene rings is 4. The molecule has 6 rings (SSSR count). The molecule has 0 amide bonds. The summed E-state index contributed by atoms with van der Waals surface area (Å²) < 4.78 is 4.92. The lowest BCUT2D eigenvalue weighted by atomic mass is 10.1. The molecule has 2 nitrogen and oxygen atoms in total. The molecule has 0 saturated carbocycles. The molecule has 0 aliphatic rings. The van der Waals surface area contributed by atoms with E-state index in [4.69, 9.17) is 4.98 Å². The number of hydrogen-bond acceptors (Lipinski definition) is 2. The van der Waals surface area contributed by atoms with Gasteiger partial charge in [-0.2, -0.15) is 0 Å². The quantitative estimate of drug-likeness (QED) is 0.316. The van der Waals surface area contributed by atoms with E-state index in [0.29, 0.717) is 0 Å². The minimum atomic E-state index is 0.973. The Kier molecular flexibility index (Phi) is 3.37. The molecule has 6 aromatic rings. The van der Waals surface area contributed by atoms with Crippen molar-refractivity contribution in [1.82, 2.24) is 9.55 Å². The molecule has 132 valence electrons. The van der Waals surface area contributed by atoms with Crippen LogP contribution in [0.1, 0.15) is 0 Å². The van der Waals surface area contributed by atoms with E-state index in [2.05, 4.69) is 89.5 Å². The smallest absolute Gasteiger partial charge is 0.145 e.